The molecule has 3 N–H and O–H groups in total. The number of carbonyl (C=O) groups is 1. The van der Waals surface area contributed by atoms with Gasteiger partial charge in [0.1, 0.15) is 0 Å². The summed E-state index contributed by atoms with van der Waals surface area (Å²) in [7, 11) is 0. The Morgan fingerprint density at radius 2 is 2.00 bits per heavy atom. The van der Waals surface area contributed by atoms with Gasteiger partial charge in [0.2, 0.25) is 0 Å². The molecule has 0 aromatic heterocycles. The maximum absolute atomic E-state index is 10.9. The summed E-state index contributed by atoms with van der Waals surface area (Å²) in [5.41, 5.74) is 3.94. The van der Waals surface area contributed by atoms with Crippen LogP contribution in [-0.4, -0.2) is 17.8 Å². The number of allylic oxidation sites excluding steroid dienone is 5. The van der Waals surface area contributed by atoms with Gasteiger partial charge in [-0.15, -0.1) is 0 Å². The SMILES string of the molecule is CCCCCC(CNC(=O)NO)=C1C=CC=C1. The van der Waals surface area contributed by atoms with Gasteiger partial charge in [-0.05, 0) is 24.0 Å². The summed E-state index contributed by atoms with van der Waals surface area (Å²) >= 11 is 0. The summed E-state index contributed by atoms with van der Waals surface area (Å²) in [5.74, 6) is 0. The summed E-state index contributed by atoms with van der Waals surface area (Å²) in [6.07, 6.45) is 12.5. The normalized spacial score (nSPS) is 12.9. The van der Waals surface area contributed by atoms with E-state index in [-0.39, 0.29) is 0 Å². The van der Waals surface area contributed by atoms with Gasteiger partial charge in [-0.2, -0.15) is 0 Å². The highest BCUT2D eigenvalue weighted by Gasteiger charge is 2.06. The van der Waals surface area contributed by atoms with Crippen LogP contribution in [0.3, 0.4) is 0 Å². The van der Waals surface area contributed by atoms with Crippen LogP contribution in [0.15, 0.2) is 35.5 Å². The maximum atomic E-state index is 10.9. The third-order valence-electron chi connectivity index (χ3n) is 2.72. The molecule has 2 amide bonds. The van der Waals surface area contributed by atoms with E-state index in [4.69, 9.17) is 5.21 Å². The van der Waals surface area contributed by atoms with Crippen LogP contribution in [0.5, 0.6) is 0 Å². The van der Waals surface area contributed by atoms with Crippen LogP contribution in [0.4, 0.5) is 4.79 Å². The molecule has 17 heavy (non-hydrogen) atoms. The molecule has 1 aliphatic carbocycles. The first-order valence-electron chi connectivity index (χ1n) is 6.02. The Hall–Kier alpha value is -1.55. The van der Waals surface area contributed by atoms with Gasteiger partial charge in [0.15, 0.2) is 0 Å². The van der Waals surface area contributed by atoms with Crippen molar-refractivity contribution in [3.63, 3.8) is 0 Å². The minimum Gasteiger partial charge on any atom is -0.333 e. The zero-order valence-electron chi connectivity index (χ0n) is 10.2. The van der Waals surface area contributed by atoms with Crippen LogP contribution < -0.4 is 10.8 Å². The summed E-state index contributed by atoms with van der Waals surface area (Å²) in [5, 5.41) is 11.0. The van der Waals surface area contributed by atoms with E-state index in [0.717, 1.165) is 12.8 Å². The van der Waals surface area contributed by atoms with Crippen molar-refractivity contribution in [3.8, 4) is 0 Å². The van der Waals surface area contributed by atoms with E-state index in [1.165, 1.54) is 24.0 Å². The highest BCUT2D eigenvalue weighted by Crippen LogP contribution is 2.18. The molecule has 4 heteroatoms. The Morgan fingerprint density at radius 1 is 1.29 bits per heavy atom. The number of urea groups is 1. The molecule has 0 heterocycles. The molecule has 0 aliphatic heterocycles. The maximum Gasteiger partial charge on any atom is 0.338 e. The van der Waals surface area contributed by atoms with Gasteiger partial charge >= 0.3 is 6.03 Å². The fourth-order valence-electron chi connectivity index (χ4n) is 1.76. The van der Waals surface area contributed by atoms with E-state index in [2.05, 4.69) is 12.2 Å². The fraction of sp³-hybridized carbons (Fsp3) is 0.462. The summed E-state index contributed by atoms with van der Waals surface area (Å²) in [6, 6.07) is -0.565. The van der Waals surface area contributed by atoms with E-state index >= 15 is 0 Å². The van der Waals surface area contributed by atoms with Crippen molar-refractivity contribution >= 4 is 6.03 Å². The molecular formula is C13H20N2O2. The molecular weight excluding hydrogens is 216 g/mol. The average molecular weight is 236 g/mol. The lowest BCUT2D eigenvalue weighted by Gasteiger charge is -2.10. The van der Waals surface area contributed by atoms with Gasteiger partial charge in [0.25, 0.3) is 0 Å². The fourth-order valence-corrected chi connectivity index (χ4v) is 1.76. The van der Waals surface area contributed by atoms with Crippen LogP contribution in [0.1, 0.15) is 32.6 Å². The van der Waals surface area contributed by atoms with Gasteiger partial charge in [-0.1, -0.05) is 44.1 Å². The number of hydrogen-bond acceptors (Lipinski definition) is 2. The zero-order valence-corrected chi connectivity index (χ0v) is 10.2. The van der Waals surface area contributed by atoms with E-state index < -0.39 is 6.03 Å². The van der Waals surface area contributed by atoms with E-state index in [1.807, 2.05) is 24.3 Å². The van der Waals surface area contributed by atoms with Gasteiger partial charge in [0.05, 0.1) is 0 Å². The van der Waals surface area contributed by atoms with Gasteiger partial charge in [0, 0.05) is 6.54 Å². The first-order valence-corrected chi connectivity index (χ1v) is 6.02. The van der Waals surface area contributed by atoms with Crippen molar-refractivity contribution in [2.45, 2.75) is 32.6 Å². The van der Waals surface area contributed by atoms with Crippen molar-refractivity contribution in [2.75, 3.05) is 6.54 Å². The number of rotatable bonds is 6. The summed E-state index contributed by atoms with van der Waals surface area (Å²) in [4.78, 5) is 10.9. The van der Waals surface area contributed by atoms with Crippen molar-refractivity contribution in [2.24, 2.45) is 0 Å². The number of hydrogen-bond donors (Lipinski definition) is 3. The molecule has 0 bridgehead atoms. The van der Waals surface area contributed by atoms with Crippen LogP contribution in [0, 0.1) is 0 Å². The number of hydroxylamine groups is 1. The highest BCUT2D eigenvalue weighted by molar-refractivity contribution is 5.72. The second kappa shape index (κ2) is 7.68. The molecule has 94 valence electrons. The van der Waals surface area contributed by atoms with E-state index in [0.29, 0.717) is 6.54 Å². The Bertz CT molecular complexity index is 329. The van der Waals surface area contributed by atoms with Crippen molar-refractivity contribution in [3.05, 3.63) is 35.5 Å². The lowest BCUT2D eigenvalue weighted by atomic mass is 10.0. The van der Waals surface area contributed by atoms with Crippen LogP contribution in [0.2, 0.25) is 0 Å². The minimum atomic E-state index is -0.565. The number of carbonyl (C=O) groups excluding carboxylic acids is 1. The predicted octanol–water partition coefficient (Wildman–Crippen LogP) is 2.68. The van der Waals surface area contributed by atoms with Crippen molar-refractivity contribution in [1.82, 2.24) is 10.8 Å². The molecule has 1 aliphatic rings. The monoisotopic (exact) mass is 236 g/mol. The first-order chi connectivity index (χ1) is 8.27. The van der Waals surface area contributed by atoms with E-state index in [1.54, 1.807) is 5.48 Å². The van der Waals surface area contributed by atoms with Gasteiger partial charge < -0.3 is 5.32 Å². The molecule has 1 rings (SSSR count). The molecule has 0 radical (unpaired) electrons. The Kier molecular flexibility index (Phi) is 6.10. The third-order valence-corrected chi connectivity index (χ3v) is 2.72. The van der Waals surface area contributed by atoms with Crippen LogP contribution in [-0.2, 0) is 0 Å². The quantitative estimate of drug-likeness (QED) is 0.377. The molecule has 0 aromatic carbocycles. The lowest BCUT2D eigenvalue weighted by Crippen LogP contribution is -2.34. The van der Waals surface area contributed by atoms with Crippen molar-refractivity contribution < 1.29 is 10.0 Å². The summed E-state index contributed by atoms with van der Waals surface area (Å²) < 4.78 is 0. The molecule has 0 unspecified atom stereocenters. The Morgan fingerprint density at radius 3 is 2.59 bits per heavy atom. The molecule has 4 nitrogen and oxygen atoms in total. The minimum absolute atomic E-state index is 0.472. The second-order valence-corrected chi connectivity index (χ2v) is 4.03. The smallest absolute Gasteiger partial charge is 0.333 e. The number of unbranched alkanes of at least 4 members (excludes halogenated alkanes) is 2. The van der Waals surface area contributed by atoms with Gasteiger partial charge in [-0.25, -0.2) is 10.3 Å². The molecule has 0 fully saturated rings. The zero-order chi connectivity index (χ0) is 12.5. The number of nitrogens with one attached hydrogen (secondary N) is 2. The standard InChI is InChI=1S/C13H20N2O2/c1-2-3-4-9-12(10-14-13(16)15-17)11-7-5-6-8-11/h5-8,17H,2-4,9-10H2,1H3,(H2,14,15,16). The third kappa shape index (κ3) is 4.87. The van der Waals surface area contributed by atoms with Crippen LogP contribution in [0.25, 0.3) is 0 Å². The first kappa shape index (κ1) is 13.5. The molecule has 0 saturated carbocycles. The highest BCUT2D eigenvalue weighted by atomic mass is 16.5. The topological polar surface area (TPSA) is 61.4 Å². The average Bonchev–Trinajstić information content (AvgIpc) is 2.86. The predicted molar refractivity (Wildman–Crippen MR) is 67.8 cm³/mol. The number of amides is 2. The van der Waals surface area contributed by atoms with Crippen molar-refractivity contribution in [1.29, 1.82) is 0 Å². The molecule has 0 aromatic rings. The Balaban J connectivity index is 2.54. The largest absolute Gasteiger partial charge is 0.338 e. The molecule has 0 saturated heterocycles. The molecule has 0 atom stereocenters. The van der Waals surface area contributed by atoms with Crippen LogP contribution >= 0.6 is 0 Å². The Labute approximate surface area is 102 Å². The molecule has 0 spiro atoms. The lowest BCUT2D eigenvalue weighted by molar-refractivity contribution is 0.162. The summed E-state index contributed by atoms with van der Waals surface area (Å²) in [6.45, 7) is 2.64. The van der Waals surface area contributed by atoms with Gasteiger partial charge in [-0.3, -0.25) is 5.21 Å². The van der Waals surface area contributed by atoms with E-state index in [9.17, 15) is 4.79 Å². The second-order valence-electron chi connectivity index (χ2n) is 4.03.